The van der Waals surface area contributed by atoms with Crippen molar-refractivity contribution in [2.45, 2.75) is 52.2 Å². The maximum Gasteiger partial charge on any atom is 0.227 e. The second-order valence-electron chi connectivity index (χ2n) is 6.53. The molecule has 1 fully saturated rings. The molecular formula is C18H28N2O2. The number of carbonyl (C=O) groups excluding carboxylic acids is 1. The van der Waals surface area contributed by atoms with Gasteiger partial charge in [-0.1, -0.05) is 18.2 Å². The van der Waals surface area contributed by atoms with Crippen molar-refractivity contribution in [3.05, 3.63) is 29.8 Å². The van der Waals surface area contributed by atoms with Gasteiger partial charge in [-0.25, -0.2) is 0 Å². The normalized spacial score (nSPS) is 17.6. The van der Waals surface area contributed by atoms with Gasteiger partial charge in [0.25, 0.3) is 0 Å². The van der Waals surface area contributed by atoms with Crippen molar-refractivity contribution in [1.82, 2.24) is 4.90 Å². The van der Waals surface area contributed by atoms with Gasteiger partial charge in [0.2, 0.25) is 5.91 Å². The van der Waals surface area contributed by atoms with Crippen molar-refractivity contribution >= 4 is 5.91 Å². The fourth-order valence-electron chi connectivity index (χ4n) is 2.97. The number of benzene rings is 1. The van der Waals surface area contributed by atoms with E-state index in [2.05, 4.69) is 6.92 Å². The van der Waals surface area contributed by atoms with Crippen LogP contribution in [0.4, 0.5) is 0 Å². The molecule has 1 aromatic rings. The van der Waals surface area contributed by atoms with Gasteiger partial charge < -0.3 is 15.4 Å². The second kappa shape index (κ2) is 7.63. The molecule has 4 heteroatoms. The molecule has 1 heterocycles. The summed E-state index contributed by atoms with van der Waals surface area (Å²) in [6.45, 7) is 7.69. The van der Waals surface area contributed by atoms with E-state index >= 15 is 0 Å². The van der Waals surface area contributed by atoms with Crippen LogP contribution < -0.4 is 10.5 Å². The third kappa shape index (κ3) is 4.47. The topological polar surface area (TPSA) is 55.6 Å². The molecule has 0 spiro atoms. The van der Waals surface area contributed by atoms with Crippen LogP contribution in [0, 0.1) is 5.92 Å². The number of nitrogens with two attached hydrogens (primary N) is 1. The van der Waals surface area contributed by atoms with Crippen LogP contribution in [0.3, 0.4) is 0 Å². The van der Waals surface area contributed by atoms with Crippen LogP contribution in [0.15, 0.2) is 24.3 Å². The van der Waals surface area contributed by atoms with Crippen LogP contribution in [-0.2, 0) is 11.2 Å². The van der Waals surface area contributed by atoms with Gasteiger partial charge in [0.1, 0.15) is 5.75 Å². The predicted molar refractivity (Wildman–Crippen MR) is 88.9 cm³/mol. The van der Waals surface area contributed by atoms with Gasteiger partial charge in [0, 0.05) is 24.7 Å². The van der Waals surface area contributed by atoms with Crippen molar-refractivity contribution in [3.63, 3.8) is 0 Å². The third-order valence-corrected chi connectivity index (χ3v) is 4.31. The number of hydrogen-bond acceptors (Lipinski definition) is 3. The summed E-state index contributed by atoms with van der Waals surface area (Å²) in [7, 11) is 0. The number of rotatable bonds is 5. The number of hydrogen-bond donors (Lipinski definition) is 1. The minimum atomic E-state index is 0.109. The Morgan fingerprint density at radius 1 is 1.27 bits per heavy atom. The van der Waals surface area contributed by atoms with Gasteiger partial charge in [-0.3, -0.25) is 4.79 Å². The highest BCUT2D eigenvalue weighted by atomic mass is 16.5. The molecular weight excluding hydrogens is 276 g/mol. The largest absolute Gasteiger partial charge is 0.491 e. The minimum absolute atomic E-state index is 0.109. The molecule has 0 saturated carbocycles. The van der Waals surface area contributed by atoms with E-state index in [0.717, 1.165) is 37.2 Å². The van der Waals surface area contributed by atoms with E-state index < -0.39 is 0 Å². The number of ether oxygens (including phenoxy) is 1. The Balaban J connectivity index is 1.95. The van der Waals surface area contributed by atoms with Crippen LogP contribution >= 0.6 is 0 Å². The minimum Gasteiger partial charge on any atom is -0.491 e. The fourth-order valence-corrected chi connectivity index (χ4v) is 2.97. The zero-order chi connectivity index (χ0) is 16.1. The summed E-state index contributed by atoms with van der Waals surface area (Å²) in [4.78, 5) is 14.5. The van der Waals surface area contributed by atoms with Crippen LogP contribution in [-0.4, -0.2) is 36.0 Å². The number of likely N-dealkylation sites (tertiary alicyclic amines) is 1. The van der Waals surface area contributed by atoms with E-state index in [-0.39, 0.29) is 18.1 Å². The van der Waals surface area contributed by atoms with E-state index in [0.29, 0.717) is 12.3 Å². The zero-order valence-electron chi connectivity index (χ0n) is 13.9. The lowest BCUT2D eigenvalue weighted by Crippen LogP contribution is -2.43. The predicted octanol–water partition coefficient (Wildman–Crippen LogP) is 2.60. The first-order valence-corrected chi connectivity index (χ1v) is 8.25. The van der Waals surface area contributed by atoms with Crippen molar-refractivity contribution < 1.29 is 9.53 Å². The summed E-state index contributed by atoms with van der Waals surface area (Å²) >= 11 is 0. The molecule has 0 aliphatic carbocycles. The van der Waals surface area contributed by atoms with Crippen LogP contribution in [0.25, 0.3) is 0 Å². The molecule has 1 aliphatic rings. The van der Waals surface area contributed by atoms with E-state index in [1.807, 2.05) is 43.0 Å². The van der Waals surface area contributed by atoms with Crippen molar-refractivity contribution in [2.75, 3.05) is 13.1 Å². The van der Waals surface area contributed by atoms with E-state index in [1.54, 1.807) is 0 Å². The van der Waals surface area contributed by atoms with Gasteiger partial charge in [-0.05, 0) is 45.6 Å². The van der Waals surface area contributed by atoms with Gasteiger partial charge in [-0.15, -0.1) is 0 Å². The van der Waals surface area contributed by atoms with E-state index in [9.17, 15) is 4.79 Å². The summed E-state index contributed by atoms with van der Waals surface area (Å²) < 4.78 is 5.79. The summed E-state index contributed by atoms with van der Waals surface area (Å²) in [5, 5.41) is 0. The Labute approximate surface area is 133 Å². The van der Waals surface area contributed by atoms with Crippen LogP contribution in [0.5, 0.6) is 5.75 Å². The van der Waals surface area contributed by atoms with Gasteiger partial charge in [-0.2, -0.15) is 0 Å². The highest BCUT2D eigenvalue weighted by Gasteiger charge is 2.25. The van der Waals surface area contributed by atoms with Crippen molar-refractivity contribution in [2.24, 2.45) is 11.7 Å². The Hall–Kier alpha value is -1.55. The molecule has 1 aromatic carbocycles. The Kier molecular flexibility index (Phi) is 5.83. The molecule has 2 N–H and O–H groups in total. The molecule has 1 unspecified atom stereocenters. The Morgan fingerprint density at radius 2 is 1.91 bits per heavy atom. The number of amides is 1. The molecule has 22 heavy (non-hydrogen) atoms. The summed E-state index contributed by atoms with van der Waals surface area (Å²) in [6.07, 6.45) is 2.53. The Morgan fingerprint density at radius 3 is 2.50 bits per heavy atom. The molecule has 122 valence electrons. The number of nitrogens with zero attached hydrogens (tertiary/aromatic N) is 1. The smallest absolute Gasteiger partial charge is 0.227 e. The fraction of sp³-hybridized carbons (Fsp3) is 0.611. The highest BCUT2D eigenvalue weighted by Crippen LogP contribution is 2.23. The first-order valence-electron chi connectivity index (χ1n) is 8.25. The second-order valence-corrected chi connectivity index (χ2v) is 6.53. The zero-order valence-corrected chi connectivity index (χ0v) is 13.9. The molecule has 2 rings (SSSR count). The van der Waals surface area contributed by atoms with Crippen molar-refractivity contribution in [1.29, 1.82) is 0 Å². The van der Waals surface area contributed by atoms with E-state index in [4.69, 9.17) is 10.5 Å². The lowest BCUT2D eigenvalue weighted by Gasteiger charge is -2.34. The number of para-hydroxylation sites is 1. The molecule has 1 saturated heterocycles. The molecule has 1 atom stereocenters. The van der Waals surface area contributed by atoms with E-state index in [1.165, 1.54) is 0 Å². The summed E-state index contributed by atoms with van der Waals surface area (Å²) in [5.41, 5.74) is 6.93. The standard InChI is InChI=1S/C18H28N2O2/c1-13(2)22-17-7-5-4-6-16(17)12-18(21)20-10-8-15(9-11-20)14(3)19/h4-7,13-15H,8-12,19H2,1-3H3. The summed E-state index contributed by atoms with van der Waals surface area (Å²) in [5.74, 6) is 1.54. The quantitative estimate of drug-likeness (QED) is 0.909. The molecule has 0 aromatic heterocycles. The third-order valence-electron chi connectivity index (χ3n) is 4.31. The van der Waals surface area contributed by atoms with Gasteiger partial charge in [0.15, 0.2) is 0 Å². The summed E-state index contributed by atoms with van der Waals surface area (Å²) in [6, 6.07) is 8.03. The molecule has 4 nitrogen and oxygen atoms in total. The number of carbonyl (C=O) groups is 1. The monoisotopic (exact) mass is 304 g/mol. The first kappa shape index (κ1) is 16.8. The van der Waals surface area contributed by atoms with Crippen LogP contribution in [0.2, 0.25) is 0 Å². The van der Waals surface area contributed by atoms with Gasteiger partial charge in [0.05, 0.1) is 12.5 Å². The van der Waals surface area contributed by atoms with Gasteiger partial charge >= 0.3 is 0 Å². The molecule has 0 radical (unpaired) electrons. The molecule has 0 bridgehead atoms. The average Bonchev–Trinajstić information content (AvgIpc) is 2.48. The first-order chi connectivity index (χ1) is 10.5. The molecule has 1 aliphatic heterocycles. The van der Waals surface area contributed by atoms with Crippen molar-refractivity contribution in [3.8, 4) is 5.75 Å². The van der Waals surface area contributed by atoms with Crippen LogP contribution in [0.1, 0.15) is 39.2 Å². The maximum atomic E-state index is 12.5. The lowest BCUT2D eigenvalue weighted by molar-refractivity contribution is -0.132. The SMILES string of the molecule is CC(C)Oc1ccccc1CC(=O)N1CCC(C(C)N)CC1. The number of piperidine rings is 1. The average molecular weight is 304 g/mol. The Bertz CT molecular complexity index is 492. The maximum absolute atomic E-state index is 12.5. The highest BCUT2D eigenvalue weighted by molar-refractivity contribution is 5.79. The lowest BCUT2D eigenvalue weighted by atomic mass is 9.91. The molecule has 1 amide bonds.